The van der Waals surface area contributed by atoms with Crippen LogP contribution in [0.2, 0.25) is 0 Å². The van der Waals surface area contributed by atoms with Crippen LogP contribution in [0.5, 0.6) is 0 Å². The molecule has 0 radical (unpaired) electrons. The van der Waals surface area contributed by atoms with Crippen LogP contribution in [0, 0.1) is 11.8 Å². The van der Waals surface area contributed by atoms with Crippen LogP contribution in [0.15, 0.2) is 35.2 Å². The first-order chi connectivity index (χ1) is 9.04. The molecular formula is C13H18N2O3S. The van der Waals surface area contributed by atoms with Gasteiger partial charge in [-0.3, -0.25) is 4.79 Å². The molecule has 1 aromatic rings. The predicted octanol–water partition coefficient (Wildman–Crippen LogP) is 0.866. The zero-order valence-corrected chi connectivity index (χ0v) is 11.4. The smallest absolute Gasteiger partial charge is 0.264 e. The monoisotopic (exact) mass is 282 g/mol. The number of carbonyl (C=O) groups excluding carboxylic acids is 1. The summed E-state index contributed by atoms with van der Waals surface area (Å²) < 4.78 is 26.2. The molecule has 104 valence electrons. The predicted molar refractivity (Wildman–Crippen MR) is 71.7 cm³/mol. The molecule has 1 aliphatic rings. The number of sulfonamides is 1. The van der Waals surface area contributed by atoms with Crippen molar-refractivity contribution in [2.24, 2.45) is 17.6 Å². The largest absolute Gasteiger partial charge is 0.330 e. The number of hydrogen-bond donors (Lipinski definition) is 2. The Morgan fingerprint density at radius 3 is 2.58 bits per heavy atom. The summed E-state index contributed by atoms with van der Waals surface area (Å²) in [5, 5.41) is 0. The Morgan fingerprint density at radius 2 is 1.95 bits per heavy atom. The molecule has 1 aliphatic carbocycles. The van der Waals surface area contributed by atoms with Gasteiger partial charge in [-0.2, -0.15) is 0 Å². The van der Waals surface area contributed by atoms with Crippen molar-refractivity contribution in [1.29, 1.82) is 0 Å². The molecule has 1 amide bonds. The molecule has 3 N–H and O–H groups in total. The fourth-order valence-electron chi connectivity index (χ4n) is 2.53. The lowest BCUT2D eigenvalue weighted by atomic mass is 9.96. The van der Waals surface area contributed by atoms with Gasteiger partial charge in [-0.25, -0.2) is 13.1 Å². The van der Waals surface area contributed by atoms with E-state index >= 15 is 0 Å². The fraction of sp³-hybridized carbons (Fsp3) is 0.462. The van der Waals surface area contributed by atoms with Gasteiger partial charge >= 0.3 is 0 Å². The van der Waals surface area contributed by atoms with E-state index in [0.717, 1.165) is 12.8 Å². The highest BCUT2D eigenvalue weighted by atomic mass is 32.2. The molecule has 1 saturated carbocycles. The van der Waals surface area contributed by atoms with Gasteiger partial charge in [0.05, 0.1) is 4.90 Å². The Labute approximate surface area is 113 Å². The zero-order chi connectivity index (χ0) is 13.9. The van der Waals surface area contributed by atoms with E-state index in [1.54, 1.807) is 18.2 Å². The third-order valence-electron chi connectivity index (χ3n) is 3.59. The fourth-order valence-corrected chi connectivity index (χ4v) is 3.58. The topological polar surface area (TPSA) is 89.3 Å². The lowest BCUT2D eigenvalue weighted by molar-refractivity contribution is -0.124. The lowest BCUT2D eigenvalue weighted by Crippen LogP contribution is -2.38. The second-order valence-electron chi connectivity index (χ2n) is 4.82. The van der Waals surface area contributed by atoms with Crippen molar-refractivity contribution in [1.82, 2.24) is 4.72 Å². The van der Waals surface area contributed by atoms with Crippen molar-refractivity contribution >= 4 is 15.9 Å². The molecule has 0 heterocycles. The maximum Gasteiger partial charge on any atom is 0.264 e. The van der Waals surface area contributed by atoms with E-state index in [9.17, 15) is 13.2 Å². The van der Waals surface area contributed by atoms with Gasteiger partial charge < -0.3 is 5.73 Å². The molecular weight excluding hydrogens is 264 g/mol. The summed E-state index contributed by atoms with van der Waals surface area (Å²) in [6.45, 7) is 0.420. The minimum Gasteiger partial charge on any atom is -0.330 e. The molecule has 19 heavy (non-hydrogen) atoms. The number of benzene rings is 1. The molecule has 0 saturated heterocycles. The van der Waals surface area contributed by atoms with Crippen molar-refractivity contribution in [2.75, 3.05) is 6.54 Å². The summed E-state index contributed by atoms with van der Waals surface area (Å²) in [6, 6.07) is 7.90. The average molecular weight is 282 g/mol. The van der Waals surface area contributed by atoms with Crippen molar-refractivity contribution in [3.05, 3.63) is 30.3 Å². The molecule has 0 aromatic heterocycles. The van der Waals surface area contributed by atoms with Crippen LogP contribution < -0.4 is 10.5 Å². The summed E-state index contributed by atoms with van der Waals surface area (Å²) in [4.78, 5) is 12.2. The lowest BCUT2D eigenvalue weighted by Gasteiger charge is -2.17. The minimum absolute atomic E-state index is 0.0889. The number of amides is 1. The molecule has 2 rings (SSSR count). The summed E-state index contributed by atoms with van der Waals surface area (Å²) in [7, 11) is -3.77. The van der Waals surface area contributed by atoms with E-state index in [-0.39, 0.29) is 16.7 Å². The maximum absolute atomic E-state index is 12.1. The van der Waals surface area contributed by atoms with Crippen molar-refractivity contribution in [2.45, 2.75) is 24.2 Å². The maximum atomic E-state index is 12.1. The highest BCUT2D eigenvalue weighted by molar-refractivity contribution is 7.90. The molecule has 1 aromatic carbocycles. The summed E-state index contributed by atoms with van der Waals surface area (Å²) in [6.07, 6.45) is 2.52. The molecule has 6 heteroatoms. The van der Waals surface area contributed by atoms with E-state index in [1.807, 2.05) is 0 Å². The normalized spacial score (nSPS) is 23.2. The summed E-state index contributed by atoms with van der Waals surface area (Å²) >= 11 is 0. The van der Waals surface area contributed by atoms with Gasteiger partial charge in [0, 0.05) is 5.92 Å². The Kier molecular flexibility index (Phi) is 4.21. The van der Waals surface area contributed by atoms with Gasteiger partial charge in [0.25, 0.3) is 10.0 Å². The Bertz CT molecular complexity index is 542. The number of carbonyl (C=O) groups is 1. The third kappa shape index (κ3) is 3.13. The van der Waals surface area contributed by atoms with E-state index in [4.69, 9.17) is 5.73 Å². The van der Waals surface area contributed by atoms with Gasteiger partial charge in [0.2, 0.25) is 5.91 Å². The standard InChI is InChI=1S/C13H18N2O3S/c14-9-10-5-4-8-12(10)13(16)15-19(17,18)11-6-2-1-3-7-11/h1-3,6-7,10,12H,4-5,8-9,14H2,(H,15,16). The third-order valence-corrected chi connectivity index (χ3v) is 4.95. The Morgan fingerprint density at radius 1 is 1.26 bits per heavy atom. The highest BCUT2D eigenvalue weighted by Crippen LogP contribution is 2.31. The molecule has 2 atom stereocenters. The molecule has 0 bridgehead atoms. The van der Waals surface area contributed by atoms with Crippen LogP contribution in [0.3, 0.4) is 0 Å². The van der Waals surface area contributed by atoms with Gasteiger partial charge in [-0.05, 0) is 37.4 Å². The first-order valence-electron chi connectivity index (χ1n) is 6.36. The van der Waals surface area contributed by atoms with Crippen molar-refractivity contribution in [3.63, 3.8) is 0 Å². The first-order valence-corrected chi connectivity index (χ1v) is 7.84. The van der Waals surface area contributed by atoms with Gasteiger partial charge in [-0.15, -0.1) is 0 Å². The highest BCUT2D eigenvalue weighted by Gasteiger charge is 2.34. The minimum atomic E-state index is -3.77. The summed E-state index contributed by atoms with van der Waals surface area (Å²) in [5.41, 5.74) is 5.61. The molecule has 1 fully saturated rings. The van der Waals surface area contributed by atoms with Crippen LogP contribution in [0.1, 0.15) is 19.3 Å². The van der Waals surface area contributed by atoms with Crippen LogP contribution >= 0.6 is 0 Å². The molecule has 5 nitrogen and oxygen atoms in total. The van der Waals surface area contributed by atoms with Crippen LogP contribution in [0.25, 0.3) is 0 Å². The van der Waals surface area contributed by atoms with Crippen LogP contribution in [-0.4, -0.2) is 20.9 Å². The van der Waals surface area contributed by atoms with Gasteiger partial charge in [0.15, 0.2) is 0 Å². The van der Waals surface area contributed by atoms with Gasteiger partial charge in [-0.1, -0.05) is 24.6 Å². The molecule has 0 aliphatic heterocycles. The Balaban J connectivity index is 2.11. The SMILES string of the molecule is NCC1CCCC1C(=O)NS(=O)(=O)c1ccccc1. The van der Waals surface area contributed by atoms with Crippen LogP contribution in [-0.2, 0) is 14.8 Å². The summed E-state index contributed by atoms with van der Waals surface area (Å²) in [5.74, 6) is -0.633. The second kappa shape index (κ2) is 5.71. The Hall–Kier alpha value is -1.40. The van der Waals surface area contributed by atoms with E-state index in [2.05, 4.69) is 4.72 Å². The number of hydrogen-bond acceptors (Lipinski definition) is 4. The van der Waals surface area contributed by atoms with E-state index < -0.39 is 15.9 Å². The zero-order valence-electron chi connectivity index (χ0n) is 10.6. The van der Waals surface area contributed by atoms with Crippen LogP contribution in [0.4, 0.5) is 0 Å². The quantitative estimate of drug-likeness (QED) is 0.857. The van der Waals surface area contributed by atoms with Crippen molar-refractivity contribution < 1.29 is 13.2 Å². The van der Waals surface area contributed by atoms with E-state index in [1.165, 1.54) is 12.1 Å². The van der Waals surface area contributed by atoms with Gasteiger partial charge in [0.1, 0.15) is 0 Å². The second-order valence-corrected chi connectivity index (χ2v) is 6.50. The number of nitrogens with one attached hydrogen (secondary N) is 1. The first kappa shape index (κ1) is 14.0. The molecule has 0 spiro atoms. The van der Waals surface area contributed by atoms with Crippen molar-refractivity contribution in [3.8, 4) is 0 Å². The molecule has 2 unspecified atom stereocenters. The van der Waals surface area contributed by atoms with E-state index in [0.29, 0.717) is 13.0 Å². The average Bonchev–Trinajstić information content (AvgIpc) is 2.87. The number of rotatable bonds is 4. The number of nitrogens with two attached hydrogens (primary N) is 1.